The molecule has 3 aromatic rings. The maximum absolute atomic E-state index is 5.80. The molecular formula is C15H12N4O. The van der Waals surface area contributed by atoms with E-state index in [-0.39, 0.29) is 0 Å². The summed E-state index contributed by atoms with van der Waals surface area (Å²) in [5.74, 6) is 1.70. The van der Waals surface area contributed by atoms with Gasteiger partial charge in [0.2, 0.25) is 5.88 Å². The summed E-state index contributed by atoms with van der Waals surface area (Å²) in [7, 11) is 0. The summed E-state index contributed by atoms with van der Waals surface area (Å²) in [4.78, 5) is 12.2. The van der Waals surface area contributed by atoms with Gasteiger partial charge in [-0.3, -0.25) is 0 Å². The molecule has 1 aromatic carbocycles. The molecule has 0 radical (unpaired) electrons. The Kier molecular flexibility index (Phi) is 3.24. The Balaban J connectivity index is 1.83. The van der Waals surface area contributed by atoms with Gasteiger partial charge in [0.25, 0.3) is 0 Å². The fraction of sp³-hybridized carbons (Fsp3) is 0. The van der Waals surface area contributed by atoms with E-state index in [0.717, 1.165) is 16.9 Å². The van der Waals surface area contributed by atoms with Gasteiger partial charge >= 0.3 is 0 Å². The summed E-state index contributed by atoms with van der Waals surface area (Å²) < 4.78 is 5.63. The highest BCUT2D eigenvalue weighted by Gasteiger charge is 2.05. The molecular weight excluding hydrogens is 252 g/mol. The van der Waals surface area contributed by atoms with Gasteiger partial charge in [-0.25, -0.2) is 15.0 Å². The number of nitrogens with zero attached hydrogens (tertiary/aromatic N) is 3. The number of pyridine rings is 1. The number of nitrogens with two attached hydrogens (primary N) is 1. The fourth-order valence-corrected chi connectivity index (χ4v) is 1.77. The van der Waals surface area contributed by atoms with Crippen molar-refractivity contribution < 1.29 is 4.74 Å². The first kappa shape index (κ1) is 12.1. The summed E-state index contributed by atoms with van der Waals surface area (Å²) in [6.45, 7) is 0. The van der Waals surface area contributed by atoms with Crippen LogP contribution in [0.3, 0.4) is 0 Å². The van der Waals surface area contributed by atoms with E-state index >= 15 is 0 Å². The van der Waals surface area contributed by atoms with Gasteiger partial charge in [-0.2, -0.15) is 0 Å². The van der Waals surface area contributed by atoms with E-state index in [4.69, 9.17) is 10.5 Å². The molecule has 5 heteroatoms. The van der Waals surface area contributed by atoms with Crippen LogP contribution in [0.5, 0.6) is 11.6 Å². The summed E-state index contributed by atoms with van der Waals surface area (Å²) in [5, 5.41) is 0. The molecule has 2 heterocycles. The maximum Gasteiger partial charge on any atom is 0.219 e. The molecule has 0 fully saturated rings. The second kappa shape index (κ2) is 5.36. The predicted octanol–water partition coefficient (Wildman–Crippen LogP) is 2.91. The molecule has 0 aliphatic rings. The van der Waals surface area contributed by atoms with Crippen LogP contribution in [0.4, 0.5) is 5.82 Å². The van der Waals surface area contributed by atoms with Crippen LogP contribution in [0.25, 0.3) is 11.1 Å². The van der Waals surface area contributed by atoms with E-state index in [2.05, 4.69) is 15.0 Å². The van der Waals surface area contributed by atoms with Crippen LogP contribution in [0, 0.1) is 0 Å². The van der Waals surface area contributed by atoms with Crippen LogP contribution in [-0.4, -0.2) is 15.0 Å². The second-order valence-corrected chi connectivity index (χ2v) is 4.12. The van der Waals surface area contributed by atoms with Gasteiger partial charge in [-0.05, 0) is 18.2 Å². The van der Waals surface area contributed by atoms with Crippen LogP contribution in [0.1, 0.15) is 0 Å². The summed E-state index contributed by atoms with van der Waals surface area (Å²) in [6, 6.07) is 13.2. The number of hydrogen-bond acceptors (Lipinski definition) is 5. The highest BCUT2D eigenvalue weighted by Crippen LogP contribution is 2.25. The van der Waals surface area contributed by atoms with Gasteiger partial charge in [-0.15, -0.1) is 0 Å². The number of anilines is 1. The molecule has 0 saturated carbocycles. The van der Waals surface area contributed by atoms with E-state index in [1.165, 1.54) is 6.33 Å². The Hall–Kier alpha value is -2.95. The average Bonchev–Trinajstić information content (AvgIpc) is 2.50. The molecule has 0 aliphatic carbocycles. The number of aromatic nitrogens is 3. The van der Waals surface area contributed by atoms with Crippen LogP contribution in [-0.2, 0) is 0 Å². The number of hydrogen-bond donors (Lipinski definition) is 1. The van der Waals surface area contributed by atoms with Crippen molar-refractivity contribution >= 4 is 5.82 Å². The topological polar surface area (TPSA) is 73.9 Å². The highest BCUT2D eigenvalue weighted by molar-refractivity contribution is 5.72. The van der Waals surface area contributed by atoms with Crippen molar-refractivity contribution in [1.82, 2.24) is 15.0 Å². The van der Waals surface area contributed by atoms with Gasteiger partial charge in [0.15, 0.2) is 0 Å². The first-order valence-electron chi connectivity index (χ1n) is 6.08. The quantitative estimate of drug-likeness (QED) is 0.787. The summed E-state index contributed by atoms with van der Waals surface area (Å²) in [6.07, 6.45) is 4.77. The standard InChI is InChI=1S/C15H12N4O/c16-15-13(9-17-10-19-15)11-6-7-14(18-8-11)20-12-4-2-1-3-5-12/h1-10H,(H2,16,17,19). The predicted molar refractivity (Wildman–Crippen MR) is 76.2 cm³/mol. The van der Waals surface area contributed by atoms with Crippen LogP contribution < -0.4 is 10.5 Å². The SMILES string of the molecule is Nc1ncncc1-c1ccc(Oc2ccccc2)nc1. The van der Waals surface area contributed by atoms with E-state index in [0.29, 0.717) is 11.7 Å². The molecule has 0 unspecified atom stereocenters. The Morgan fingerprint density at radius 3 is 2.45 bits per heavy atom. The molecule has 0 atom stereocenters. The molecule has 0 amide bonds. The lowest BCUT2D eigenvalue weighted by Crippen LogP contribution is -1.95. The normalized spacial score (nSPS) is 10.2. The molecule has 0 bridgehead atoms. The zero-order valence-electron chi connectivity index (χ0n) is 10.6. The fourth-order valence-electron chi connectivity index (χ4n) is 1.77. The van der Waals surface area contributed by atoms with Crippen LogP contribution in [0.2, 0.25) is 0 Å². The van der Waals surface area contributed by atoms with Crippen molar-refractivity contribution in [2.24, 2.45) is 0 Å². The van der Waals surface area contributed by atoms with E-state index < -0.39 is 0 Å². The molecule has 3 rings (SSSR count). The molecule has 5 nitrogen and oxygen atoms in total. The van der Waals surface area contributed by atoms with Crippen molar-refractivity contribution in [3.05, 3.63) is 61.2 Å². The van der Waals surface area contributed by atoms with Crippen molar-refractivity contribution in [3.8, 4) is 22.8 Å². The Morgan fingerprint density at radius 1 is 0.900 bits per heavy atom. The lowest BCUT2D eigenvalue weighted by Gasteiger charge is -2.06. The lowest BCUT2D eigenvalue weighted by atomic mass is 10.1. The molecule has 2 N–H and O–H groups in total. The summed E-state index contributed by atoms with van der Waals surface area (Å²) >= 11 is 0. The minimum atomic E-state index is 0.429. The number of benzene rings is 1. The van der Waals surface area contributed by atoms with Crippen molar-refractivity contribution in [2.75, 3.05) is 5.73 Å². The largest absolute Gasteiger partial charge is 0.439 e. The zero-order chi connectivity index (χ0) is 13.8. The molecule has 0 aliphatic heterocycles. The molecule has 0 spiro atoms. The Morgan fingerprint density at radius 2 is 1.75 bits per heavy atom. The smallest absolute Gasteiger partial charge is 0.219 e. The first-order chi connectivity index (χ1) is 9.83. The number of rotatable bonds is 3. The van der Waals surface area contributed by atoms with Gasteiger partial charge in [0.05, 0.1) is 0 Å². The van der Waals surface area contributed by atoms with Crippen molar-refractivity contribution in [2.45, 2.75) is 0 Å². The minimum Gasteiger partial charge on any atom is -0.439 e. The third kappa shape index (κ3) is 2.56. The Labute approximate surface area is 116 Å². The molecule has 0 saturated heterocycles. The molecule has 2 aromatic heterocycles. The van der Waals surface area contributed by atoms with Gasteiger partial charge in [0, 0.05) is 29.6 Å². The molecule has 98 valence electrons. The highest BCUT2D eigenvalue weighted by atomic mass is 16.5. The summed E-state index contributed by atoms with van der Waals surface area (Å²) in [5.41, 5.74) is 7.41. The Bertz CT molecular complexity index is 699. The second-order valence-electron chi connectivity index (χ2n) is 4.12. The third-order valence-corrected chi connectivity index (χ3v) is 2.76. The number of ether oxygens (including phenoxy) is 1. The van der Waals surface area contributed by atoms with Crippen LogP contribution in [0.15, 0.2) is 61.2 Å². The van der Waals surface area contributed by atoms with E-state index in [9.17, 15) is 0 Å². The zero-order valence-corrected chi connectivity index (χ0v) is 10.6. The first-order valence-corrected chi connectivity index (χ1v) is 6.08. The molecule has 20 heavy (non-hydrogen) atoms. The van der Waals surface area contributed by atoms with Crippen molar-refractivity contribution in [3.63, 3.8) is 0 Å². The van der Waals surface area contributed by atoms with E-state index in [1.54, 1.807) is 18.5 Å². The average molecular weight is 264 g/mol. The number of para-hydroxylation sites is 1. The van der Waals surface area contributed by atoms with Crippen LogP contribution >= 0.6 is 0 Å². The lowest BCUT2D eigenvalue weighted by molar-refractivity contribution is 0.463. The van der Waals surface area contributed by atoms with Gasteiger partial charge in [0.1, 0.15) is 17.9 Å². The third-order valence-electron chi connectivity index (χ3n) is 2.76. The van der Waals surface area contributed by atoms with Gasteiger partial charge < -0.3 is 10.5 Å². The maximum atomic E-state index is 5.80. The van der Waals surface area contributed by atoms with Gasteiger partial charge in [-0.1, -0.05) is 18.2 Å². The monoisotopic (exact) mass is 264 g/mol. The van der Waals surface area contributed by atoms with E-state index in [1.807, 2.05) is 36.4 Å². The number of nitrogen functional groups attached to an aromatic ring is 1. The van der Waals surface area contributed by atoms with Crippen molar-refractivity contribution in [1.29, 1.82) is 0 Å². The minimum absolute atomic E-state index is 0.429.